The Morgan fingerprint density at radius 2 is 1.75 bits per heavy atom. The SMILES string of the molecule is O=C(OCc1ccn(-c2ccccc2)n1)C1CCN(S(=O)(=O)c2ccc(F)c(F)c2)CC1. The van der Waals surface area contributed by atoms with Crippen molar-refractivity contribution in [3.8, 4) is 5.69 Å². The average molecular weight is 461 g/mol. The Bertz CT molecular complexity index is 1210. The van der Waals surface area contributed by atoms with E-state index < -0.39 is 33.5 Å². The average Bonchev–Trinajstić information content (AvgIpc) is 3.29. The zero-order chi connectivity index (χ0) is 22.7. The molecular formula is C22H21F2N3O4S. The predicted octanol–water partition coefficient (Wildman–Crippen LogP) is 3.29. The molecular weight excluding hydrogens is 440 g/mol. The number of carbonyl (C=O) groups excluding carboxylic acids is 1. The van der Waals surface area contributed by atoms with Gasteiger partial charge >= 0.3 is 5.97 Å². The first-order valence-electron chi connectivity index (χ1n) is 10.1. The van der Waals surface area contributed by atoms with Crippen molar-refractivity contribution in [3.63, 3.8) is 0 Å². The number of rotatable bonds is 6. The molecule has 168 valence electrons. The molecule has 10 heteroatoms. The molecule has 1 saturated heterocycles. The van der Waals surface area contributed by atoms with Gasteiger partial charge in [-0.15, -0.1) is 0 Å². The number of benzene rings is 2. The van der Waals surface area contributed by atoms with Crippen LogP contribution >= 0.6 is 0 Å². The van der Waals surface area contributed by atoms with Crippen molar-refractivity contribution >= 4 is 16.0 Å². The number of halogens is 2. The van der Waals surface area contributed by atoms with Gasteiger partial charge in [-0.2, -0.15) is 9.40 Å². The van der Waals surface area contributed by atoms with E-state index in [0.29, 0.717) is 11.8 Å². The first-order valence-corrected chi connectivity index (χ1v) is 11.5. The molecule has 0 amide bonds. The third-order valence-electron chi connectivity index (χ3n) is 5.34. The van der Waals surface area contributed by atoms with E-state index in [4.69, 9.17) is 4.74 Å². The molecule has 1 aromatic heterocycles. The van der Waals surface area contributed by atoms with E-state index in [1.165, 1.54) is 4.31 Å². The fourth-order valence-corrected chi connectivity index (χ4v) is 5.03. The summed E-state index contributed by atoms with van der Waals surface area (Å²) in [7, 11) is -3.97. The number of sulfonamides is 1. The van der Waals surface area contributed by atoms with Crippen LogP contribution in [0.3, 0.4) is 0 Å². The molecule has 1 aliphatic heterocycles. The van der Waals surface area contributed by atoms with Crippen LogP contribution in [0.4, 0.5) is 8.78 Å². The lowest BCUT2D eigenvalue weighted by molar-refractivity contribution is -0.151. The molecule has 0 aliphatic carbocycles. The number of aromatic nitrogens is 2. The summed E-state index contributed by atoms with van der Waals surface area (Å²) < 4.78 is 60.1. The summed E-state index contributed by atoms with van der Waals surface area (Å²) in [5, 5.41) is 4.38. The minimum Gasteiger partial charge on any atom is -0.459 e. The molecule has 0 N–H and O–H groups in total. The van der Waals surface area contributed by atoms with Crippen molar-refractivity contribution in [3.05, 3.63) is 78.1 Å². The van der Waals surface area contributed by atoms with Crippen molar-refractivity contribution in [2.24, 2.45) is 5.92 Å². The smallest absolute Gasteiger partial charge is 0.309 e. The second-order valence-corrected chi connectivity index (χ2v) is 9.39. The molecule has 1 aliphatic rings. The fraction of sp³-hybridized carbons (Fsp3) is 0.273. The monoisotopic (exact) mass is 461 g/mol. The van der Waals surface area contributed by atoms with Gasteiger partial charge in [-0.1, -0.05) is 18.2 Å². The summed E-state index contributed by atoms with van der Waals surface area (Å²) in [5.41, 5.74) is 1.49. The molecule has 2 aromatic carbocycles. The van der Waals surface area contributed by atoms with Gasteiger partial charge in [-0.05, 0) is 49.2 Å². The Kier molecular flexibility index (Phi) is 6.33. The molecule has 0 spiro atoms. The Hall–Kier alpha value is -3.11. The van der Waals surface area contributed by atoms with Gasteiger partial charge in [0.2, 0.25) is 10.0 Å². The summed E-state index contributed by atoms with van der Waals surface area (Å²) in [6.45, 7) is 0.194. The second kappa shape index (κ2) is 9.17. The van der Waals surface area contributed by atoms with Crippen molar-refractivity contribution in [1.82, 2.24) is 14.1 Å². The van der Waals surface area contributed by atoms with Gasteiger partial charge in [-0.3, -0.25) is 4.79 Å². The quantitative estimate of drug-likeness (QED) is 0.526. The van der Waals surface area contributed by atoms with Gasteiger partial charge in [0.25, 0.3) is 0 Å². The molecule has 3 aromatic rings. The number of nitrogens with zero attached hydrogens (tertiary/aromatic N) is 3. The summed E-state index contributed by atoms with van der Waals surface area (Å²) >= 11 is 0. The van der Waals surface area contributed by atoms with Crippen molar-refractivity contribution < 1.29 is 26.7 Å². The second-order valence-electron chi connectivity index (χ2n) is 7.45. The third-order valence-corrected chi connectivity index (χ3v) is 7.24. The van der Waals surface area contributed by atoms with Gasteiger partial charge < -0.3 is 4.74 Å². The largest absolute Gasteiger partial charge is 0.459 e. The first kappa shape index (κ1) is 22.1. The predicted molar refractivity (Wildman–Crippen MR) is 111 cm³/mol. The normalized spacial score (nSPS) is 15.6. The van der Waals surface area contributed by atoms with E-state index in [9.17, 15) is 22.0 Å². The van der Waals surface area contributed by atoms with Crippen molar-refractivity contribution in [2.75, 3.05) is 13.1 Å². The molecule has 4 rings (SSSR count). The number of ether oxygens (including phenoxy) is 1. The van der Waals surface area contributed by atoms with Gasteiger partial charge in [0.05, 0.1) is 16.5 Å². The molecule has 32 heavy (non-hydrogen) atoms. The van der Waals surface area contributed by atoms with E-state index >= 15 is 0 Å². The minimum atomic E-state index is -3.97. The maximum Gasteiger partial charge on any atom is 0.309 e. The zero-order valence-corrected chi connectivity index (χ0v) is 17.8. The highest BCUT2D eigenvalue weighted by molar-refractivity contribution is 7.89. The summed E-state index contributed by atoms with van der Waals surface area (Å²) in [6.07, 6.45) is 2.33. The Balaban J connectivity index is 1.31. The van der Waals surface area contributed by atoms with E-state index in [0.717, 1.165) is 17.8 Å². The first-order chi connectivity index (χ1) is 15.3. The van der Waals surface area contributed by atoms with Crippen LogP contribution in [0.15, 0.2) is 65.7 Å². The van der Waals surface area contributed by atoms with Crippen molar-refractivity contribution in [1.29, 1.82) is 0 Å². The molecule has 0 unspecified atom stereocenters. The summed E-state index contributed by atoms with van der Waals surface area (Å²) in [4.78, 5) is 12.1. The third kappa shape index (κ3) is 4.71. The van der Waals surface area contributed by atoms with E-state index in [1.54, 1.807) is 16.9 Å². The lowest BCUT2D eigenvalue weighted by Crippen LogP contribution is -2.40. The number of hydrogen-bond acceptors (Lipinski definition) is 5. The van der Waals surface area contributed by atoms with E-state index in [2.05, 4.69) is 5.10 Å². The van der Waals surface area contributed by atoms with Crippen LogP contribution in [0.5, 0.6) is 0 Å². The number of hydrogen-bond donors (Lipinski definition) is 0. The standard InChI is InChI=1S/C22H21F2N3O4S/c23-20-7-6-19(14-21(20)24)32(29,30)26-11-8-16(9-12-26)22(28)31-15-17-10-13-27(25-17)18-4-2-1-3-5-18/h1-7,10,13-14,16H,8-9,11-12,15H2. The van der Waals surface area contributed by atoms with Crippen LogP contribution in [0.2, 0.25) is 0 Å². The molecule has 0 atom stereocenters. The Morgan fingerprint density at radius 3 is 2.44 bits per heavy atom. The number of piperidine rings is 1. The van der Waals surface area contributed by atoms with E-state index in [1.807, 2.05) is 30.3 Å². The van der Waals surface area contributed by atoms with Crippen LogP contribution in [0.1, 0.15) is 18.5 Å². The molecule has 2 heterocycles. The zero-order valence-electron chi connectivity index (χ0n) is 17.0. The maximum absolute atomic E-state index is 13.4. The van der Waals surface area contributed by atoms with Gasteiger partial charge in [0.15, 0.2) is 11.6 Å². The maximum atomic E-state index is 13.4. The summed E-state index contributed by atoms with van der Waals surface area (Å²) in [6, 6.07) is 13.8. The lowest BCUT2D eigenvalue weighted by Gasteiger charge is -2.30. The highest BCUT2D eigenvalue weighted by atomic mass is 32.2. The number of esters is 1. The van der Waals surface area contributed by atoms with Crippen LogP contribution in [-0.2, 0) is 26.2 Å². The van der Waals surface area contributed by atoms with Gasteiger partial charge in [-0.25, -0.2) is 21.9 Å². The lowest BCUT2D eigenvalue weighted by atomic mass is 9.98. The Labute approximate surface area is 184 Å². The van der Waals surface area contributed by atoms with Crippen LogP contribution in [-0.4, -0.2) is 41.6 Å². The van der Waals surface area contributed by atoms with E-state index in [-0.39, 0.29) is 37.4 Å². The highest BCUT2D eigenvalue weighted by Crippen LogP contribution is 2.25. The fourth-order valence-electron chi connectivity index (χ4n) is 3.54. The summed E-state index contributed by atoms with van der Waals surface area (Å²) in [5.74, 6) is -3.19. The molecule has 0 bridgehead atoms. The minimum absolute atomic E-state index is 0.0199. The van der Waals surface area contributed by atoms with Gasteiger partial charge in [0, 0.05) is 19.3 Å². The van der Waals surface area contributed by atoms with Gasteiger partial charge in [0.1, 0.15) is 12.3 Å². The topological polar surface area (TPSA) is 81.5 Å². The number of carbonyl (C=O) groups is 1. The molecule has 7 nitrogen and oxygen atoms in total. The Morgan fingerprint density at radius 1 is 1.03 bits per heavy atom. The van der Waals surface area contributed by atoms with Crippen LogP contribution < -0.4 is 0 Å². The molecule has 0 radical (unpaired) electrons. The van der Waals surface area contributed by atoms with Crippen LogP contribution in [0, 0.1) is 17.6 Å². The highest BCUT2D eigenvalue weighted by Gasteiger charge is 2.33. The van der Waals surface area contributed by atoms with Crippen molar-refractivity contribution in [2.45, 2.75) is 24.3 Å². The molecule has 1 fully saturated rings. The molecule has 0 saturated carbocycles. The van der Waals surface area contributed by atoms with Crippen LogP contribution in [0.25, 0.3) is 5.69 Å². The number of para-hydroxylation sites is 1.